The average molecular weight is 484 g/mol. The standard InChI is InChI=1S/C18H36N4O3.HI/c1-6-24-12-8-10-20-16(19-5)21-13-15-9-7-11-22(14-15)17(23)25-18(2,3)4;/h15H,6-14H2,1-5H3,(H2,19,20,21);1H. The molecule has 1 atom stereocenters. The maximum atomic E-state index is 12.2. The van der Waals surface area contributed by atoms with Crippen molar-refractivity contribution in [2.45, 2.75) is 52.6 Å². The molecule has 0 aromatic heterocycles. The van der Waals surface area contributed by atoms with Gasteiger partial charge in [0.05, 0.1) is 0 Å². The van der Waals surface area contributed by atoms with Crippen LogP contribution in [0.1, 0.15) is 47.0 Å². The van der Waals surface area contributed by atoms with Gasteiger partial charge in [0, 0.05) is 46.4 Å². The zero-order chi connectivity index (χ0) is 18.7. The summed E-state index contributed by atoms with van der Waals surface area (Å²) >= 11 is 0. The number of aliphatic imine (C=N–C) groups is 1. The Morgan fingerprint density at radius 2 is 2.04 bits per heavy atom. The second-order valence-electron chi connectivity index (χ2n) is 7.36. The van der Waals surface area contributed by atoms with Crippen molar-refractivity contribution >= 4 is 36.0 Å². The summed E-state index contributed by atoms with van der Waals surface area (Å²) < 4.78 is 10.8. The highest BCUT2D eigenvalue weighted by Crippen LogP contribution is 2.18. The number of nitrogens with zero attached hydrogens (tertiary/aromatic N) is 2. The van der Waals surface area contributed by atoms with Crippen LogP contribution >= 0.6 is 24.0 Å². The molecule has 8 heteroatoms. The molecule has 0 aromatic carbocycles. The monoisotopic (exact) mass is 484 g/mol. The van der Waals surface area contributed by atoms with Crippen molar-refractivity contribution in [2.24, 2.45) is 10.9 Å². The molecule has 1 saturated heterocycles. The molecule has 154 valence electrons. The fourth-order valence-electron chi connectivity index (χ4n) is 2.71. The number of guanidine groups is 1. The first-order chi connectivity index (χ1) is 11.9. The van der Waals surface area contributed by atoms with Crippen molar-refractivity contribution in [1.29, 1.82) is 0 Å². The van der Waals surface area contributed by atoms with Gasteiger partial charge in [0.1, 0.15) is 5.60 Å². The van der Waals surface area contributed by atoms with Gasteiger partial charge in [0.25, 0.3) is 0 Å². The summed E-state index contributed by atoms with van der Waals surface area (Å²) in [4.78, 5) is 18.3. The average Bonchev–Trinajstić information content (AvgIpc) is 2.56. The number of rotatable bonds is 7. The number of carbonyl (C=O) groups is 1. The summed E-state index contributed by atoms with van der Waals surface area (Å²) in [6.07, 6.45) is 2.85. The van der Waals surface area contributed by atoms with Crippen molar-refractivity contribution in [2.75, 3.05) is 46.4 Å². The number of hydrogen-bond donors (Lipinski definition) is 2. The van der Waals surface area contributed by atoms with E-state index in [0.29, 0.717) is 5.92 Å². The van der Waals surface area contributed by atoms with Crippen LogP contribution in [0.25, 0.3) is 0 Å². The summed E-state index contributed by atoms with van der Waals surface area (Å²) in [5.74, 6) is 1.20. The molecule has 0 spiro atoms. The Morgan fingerprint density at radius 1 is 1.31 bits per heavy atom. The minimum Gasteiger partial charge on any atom is -0.444 e. The Bertz CT molecular complexity index is 427. The van der Waals surface area contributed by atoms with Gasteiger partial charge in [-0.1, -0.05) is 0 Å². The van der Waals surface area contributed by atoms with E-state index in [1.54, 1.807) is 7.05 Å². The molecular weight excluding hydrogens is 447 g/mol. The van der Waals surface area contributed by atoms with Crippen LogP contribution < -0.4 is 10.6 Å². The number of carbonyl (C=O) groups excluding carboxylic acids is 1. The number of halogens is 1. The number of hydrogen-bond acceptors (Lipinski definition) is 4. The van der Waals surface area contributed by atoms with E-state index >= 15 is 0 Å². The number of amides is 1. The van der Waals surface area contributed by atoms with E-state index in [0.717, 1.165) is 64.6 Å². The van der Waals surface area contributed by atoms with E-state index in [1.165, 1.54) is 0 Å². The van der Waals surface area contributed by atoms with Gasteiger partial charge in [-0.05, 0) is 52.9 Å². The van der Waals surface area contributed by atoms with E-state index in [9.17, 15) is 4.79 Å². The first-order valence-corrected chi connectivity index (χ1v) is 9.36. The minimum atomic E-state index is -0.449. The highest BCUT2D eigenvalue weighted by atomic mass is 127. The van der Waals surface area contributed by atoms with Crippen LogP contribution in [0.5, 0.6) is 0 Å². The summed E-state index contributed by atoms with van der Waals surface area (Å²) in [6.45, 7) is 12.3. The normalized spacial score (nSPS) is 18.1. The van der Waals surface area contributed by atoms with Gasteiger partial charge >= 0.3 is 6.09 Å². The molecule has 1 unspecified atom stereocenters. The van der Waals surface area contributed by atoms with Crippen molar-refractivity contribution in [3.63, 3.8) is 0 Å². The Labute approximate surface area is 175 Å². The molecule has 0 bridgehead atoms. The molecule has 1 aliphatic rings. The maximum Gasteiger partial charge on any atom is 0.410 e. The van der Waals surface area contributed by atoms with Gasteiger partial charge in [-0.25, -0.2) is 4.79 Å². The van der Waals surface area contributed by atoms with Crippen LogP contribution in [0.3, 0.4) is 0 Å². The van der Waals surface area contributed by atoms with Gasteiger partial charge in [-0.3, -0.25) is 4.99 Å². The highest BCUT2D eigenvalue weighted by Gasteiger charge is 2.27. The molecular formula is C18H37IN4O3. The maximum absolute atomic E-state index is 12.2. The zero-order valence-electron chi connectivity index (χ0n) is 17.0. The van der Waals surface area contributed by atoms with Crippen molar-refractivity contribution in [1.82, 2.24) is 15.5 Å². The SMILES string of the molecule is CCOCCCNC(=NC)NCC1CCCN(C(=O)OC(C)(C)C)C1.I. The van der Waals surface area contributed by atoms with Crippen molar-refractivity contribution in [3.05, 3.63) is 0 Å². The predicted octanol–water partition coefficient (Wildman–Crippen LogP) is 2.84. The van der Waals surface area contributed by atoms with Crippen LogP contribution in [0.4, 0.5) is 4.79 Å². The summed E-state index contributed by atoms with van der Waals surface area (Å²) in [7, 11) is 1.77. The minimum absolute atomic E-state index is 0. The molecule has 0 aliphatic carbocycles. The molecule has 1 rings (SSSR count). The van der Waals surface area contributed by atoms with E-state index in [2.05, 4.69) is 15.6 Å². The molecule has 26 heavy (non-hydrogen) atoms. The summed E-state index contributed by atoms with van der Waals surface area (Å²) in [5, 5.41) is 6.64. The molecule has 0 aromatic rings. The Hall–Kier alpha value is -0.770. The van der Waals surface area contributed by atoms with Crippen molar-refractivity contribution < 1.29 is 14.3 Å². The molecule has 2 N–H and O–H groups in total. The van der Waals surface area contributed by atoms with Gasteiger partial charge in [-0.15, -0.1) is 24.0 Å². The smallest absolute Gasteiger partial charge is 0.410 e. The van der Waals surface area contributed by atoms with Gasteiger partial charge < -0.3 is 25.0 Å². The number of piperidine rings is 1. The summed E-state index contributed by atoms with van der Waals surface area (Å²) in [6, 6.07) is 0. The molecule has 1 heterocycles. The highest BCUT2D eigenvalue weighted by molar-refractivity contribution is 14.0. The molecule has 1 fully saturated rings. The van der Waals surface area contributed by atoms with Crippen LogP contribution in [0.2, 0.25) is 0 Å². The first-order valence-electron chi connectivity index (χ1n) is 9.36. The number of nitrogens with one attached hydrogen (secondary N) is 2. The van der Waals surface area contributed by atoms with Gasteiger partial charge in [-0.2, -0.15) is 0 Å². The van der Waals surface area contributed by atoms with E-state index in [1.807, 2.05) is 32.6 Å². The third-order valence-electron chi connectivity index (χ3n) is 3.91. The van der Waals surface area contributed by atoms with Gasteiger partial charge in [0.15, 0.2) is 5.96 Å². The molecule has 7 nitrogen and oxygen atoms in total. The first kappa shape index (κ1) is 25.2. The lowest BCUT2D eigenvalue weighted by Gasteiger charge is -2.34. The quantitative estimate of drug-likeness (QED) is 0.252. The topological polar surface area (TPSA) is 75.2 Å². The Balaban J connectivity index is 0.00000625. The lowest BCUT2D eigenvalue weighted by Crippen LogP contribution is -2.47. The zero-order valence-corrected chi connectivity index (χ0v) is 19.3. The van der Waals surface area contributed by atoms with E-state index < -0.39 is 5.60 Å². The van der Waals surface area contributed by atoms with Crippen LogP contribution in [0, 0.1) is 5.92 Å². The second kappa shape index (κ2) is 13.4. The van der Waals surface area contributed by atoms with Crippen LogP contribution in [-0.2, 0) is 9.47 Å². The lowest BCUT2D eigenvalue weighted by atomic mass is 9.98. The Morgan fingerprint density at radius 3 is 2.65 bits per heavy atom. The fraction of sp³-hybridized carbons (Fsp3) is 0.889. The molecule has 0 saturated carbocycles. The van der Waals surface area contributed by atoms with E-state index in [4.69, 9.17) is 9.47 Å². The number of likely N-dealkylation sites (tertiary alicyclic amines) is 1. The lowest BCUT2D eigenvalue weighted by molar-refractivity contribution is 0.0168. The van der Waals surface area contributed by atoms with E-state index in [-0.39, 0.29) is 30.1 Å². The largest absolute Gasteiger partial charge is 0.444 e. The van der Waals surface area contributed by atoms with Crippen LogP contribution in [0.15, 0.2) is 4.99 Å². The third-order valence-corrected chi connectivity index (χ3v) is 3.91. The second-order valence-corrected chi connectivity index (χ2v) is 7.36. The Kier molecular flexibility index (Phi) is 13.0. The molecule has 0 radical (unpaired) electrons. The predicted molar refractivity (Wildman–Crippen MR) is 116 cm³/mol. The third kappa shape index (κ3) is 11.1. The molecule has 1 amide bonds. The van der Waals surface area contributed by atoms with Crippen molar-refractivity contribution in [3.8, 4) is 0 Å². The number of ether oxygens (including phenoxy) is 2. The summed E-state index contributed by atoms with van der Waals surface area (Å²) in [5.41, 5.74) is -0.449. The molecule has 1 aliphatic heterocycles. The van der Waals surface area contributed by atoms with Gasteiger partial charge in [0.2, 0.25) is 0 Å². The fourth-order valence-corrected chi connectivity index (χ4v) is 2.71. The van der Waals surface area contributed by atoms with Crippen LogP contribution in [-0.4, -0.2) is 69.0 Å².